The molecule has 1 saturated heterocycles. The third-order valence-corrected chi connectivity index (χ3v) is 2.89. The van der Waals surface area contributed by atoms with Gasteiger partial charge in [-0.25, -0.2) is 0 Å². The van der Waals surface area contributed by atoms with Gasteiger partial charge in [0.1, 0.15) is 0 Å². The maximum absolute atomic E-state index is 11.1. The summed E-state index contributed by atoms with van der Waals surface area (Å²) in [5.41, 5.74) is 0. The third kappa shape index (κ3) is 2.41. The number of carbonyl (C=O) groups excluding carboxylic acids is 2. The van der Waals surface area contributed by atoms with Crippen molar-refractivity contribution in [3.05, 3.63) is 0 Å². The molecule has 1 heterocycles. The predicted octanol–water partition coefficient (Wildman–Crippen LogP) is -0.646. The Bertz CT molecular complexity index is 196. The van der Waals surface area contributed by atoms with Crippen LogP contribution in [0.2, 0.25) is 0 Å². The molecular weight excluding hydrogens is 176 g/mol. The Hall–Kier alpha value is -0.710. The highest BCUT2D eigenvalue weighted by Crippen LogP contribution is 2.17. The molecule has 2 N–H and O–H groups in total. The van der Waals surface area contributed by atoms with Gasteiger partial charge in [0, 0.05) is 25.8 Å². The first-order valence-corrected chi connectivity index (χ1v) is 4.89. The van der Waals surface area contributed by atoms with E-state index in [0.29, 0.717) is 6.54 Å². The average molecular weight is 188 g/mol. The number of thioether (sulfide) groups is 1. The number of hydrogen-bond acceptors (Lipinski definition) is 3. The van der Waals surface area contributed by atoms with Crippen molar-refractivity contribution in [1.82, 2.24) is 10.6 Å². The van der Waals surface area contributed by atoms with E-state index in [4.69, 9.17) is 0 Å². The Morgan fingerprint density at radius 2 is 2.58 bits per heavy atom. The van der Waals surface area contributed by atoms with Gasteiger partial charge in [-0.05, 0) is 0 Å². The lowest BCUT2D eigenvalue weighted by molar-refractivity contribution is -0.125. The molecule has 4 nitrogen and oxygen atoms in total. The van der Waals surface area contributed by atoms with Crippen molar-refractivity contribution in [3.63, 3.8) is 0 Å². The molecule has 0 saturated carbocycles. The Labute approximate surface area is 75.5 Å². The van der Waals surface area contributed by atoms with Crippen molar-refractivity contribution in [2.75, 3.05) is 19.3 Å². The maximum Gasteiger partial charge on any atom is 0.233 e. The first kappa shape index (κ1) is 9.38. The molecular formula is C7H12N2O2S. The molecule has 0 aromatic carbocycles. The highest BCUT2D eigenvalue weighted by molar-refractivity contribution is 8.00. The summed E-state index contributed by atoms with van der Waals surface area (Å²) < 4.78 is 0. The molecule has 0 aromatic heterocycles. The molecule has 0 aliphatic carbocycles. The van der Waals surface area contributed by atoms with E-state index in [1.807, 2.05) is 0 Å². The standard InChI is InChI=1S/C7H12N2O2S/c1-8-6(10)4-5-7(11)9-2-3-12-5/h5H,2-4H2,1H3,(H,8,10)(H,9,11)/t5-/m1/s1. The summed E-state index contributed by atoms with van der Waals surface area (Å²) in [7, 11) is 1.58. The molecule has 1 atom stereocenters. The summed E-state index contributed by atoms with van der Waals surface area (Å²) >= 11 is 1.54. The number of nitrogens with one attached hydrogen (secondary N) is 2. The van der Waals surface area contributed by atoms with Crippen LogP contribution in [0.25, 0.3) is 0 Å². The summed E-state index contributed by atoms with van der Waals surface area (Å²) in [6, 6.07) is 0. The van der Waals surface area contributed by atoms with Crippen LogP contribution in [0.4, 0.5) is 0 Å². The number of amides is 2. The van der Waals surface area contributed by atoms with E-state index in [9.17, 15) is 9.59 Å². The molecule has 0 bridgehead atoms. The molecule has 68 valence electrons. The zero-order chi connectivity index (χ0) is 8.97. The van der Waals surface area contributed by atoms with Gasteiger partial charge < -0.3 is 10.6 Å². The van der Waals surface area contributed by atoms with Crippen molar-refractivity contribution in [2.45, 2.75) is 11.7 Å². The molecule has 1 aliphatic rings. The largest absolute Gasteiger partial charge is 0.359 e. The Morgan fingerprint density at radius 1 is 1.83 bits per heavy atom. The summed E-state index contributed by atoms with van der Waals surface area (Å²) in [6.07, 6.45) is 0.285. The number of hydrogen-bond donors (Lipinski definition) is 2. The van der Waals surface area contributed by atoms with Crippen molar-refractivity contribution in [1.29, 1.82) is 0 Å². The molecule has 0 unspecified atom stereocenters. The van der Waals surface area contributed by atoms with Crippen molar-refractivity contribution < 1.29 is 9.59 Å². The number of carbonyl (C=O) groups is 2. The lowest BCUT2D eigenvalue weighted by Gasteiger charge is -2.20. The second-order valence-electron chi connectivity index (χ2n) is 2.53. The molecule has 0 radical (unpaired) electrons. The highest BCUT2D eigenvalue weighted by atomic mass is 32.2. The molecule has 1 fully saturated rings. The van der Waals surface area contributed by atoms with E-state index in [0.717, 1.165) is 5.75 Å². The molecule has 1 rings (SSSR count). The van der Waals surface area contributed by atoms with Gasteiger partial charge in [-0.15, -0.1) is 11.8 Å². The summed E-state index contributed by atoms with van der Waals surface area (Å²) in [4.78, 5) is 22.1. The van der Waals surface area contributed by atoms with Crippen LogP contribution < -0.4 is 10.6 Å². The smallest absolute Gasteiger partial charge is 0.233 e. The van der Waals surface area contributed by atoms with Crippen LogP contribution in [-0.4, -0.2) is 36.4 Å². The van der Waals surface area contributed by atoms with Crippen molar-refractivity contribution in [3.8, 4) is 0 Å². The summed E-state index contributed by atoms with van der Waals surface area (Å²) in [6.45, 7) is 0.716. The van der Waals surface area contributed by atoms with Crippen LogP contribution in [0.5, 0.6) is 0 Å². The second kappa shape index (κ2) is 4.35. The first-order valence-electron chi connectivity index (χ1n) is 3.84. The fraction of sp³-hybridized carbons (Fsp3) is 0.714. The summed E-state index contributed by atoms with van der Waals surface area (Å²) in [5, 5.41) is 5.03. The van der Waals surface area contributed by atoms with E-state index in [2.05, 4.69) is 10.6 Å². The minimum Gasteiger partial charge on any atom is -0.359 e. The molecule has 0 aromatic rings. The summed E-state index contributed by atoms with van der Waals surface area (Å²) in [5.74, 6) is 0.798. The van der Waals surface area contributed by atoms with Crippen molar-refractivity contribution >= 4 is 23.6 Å². The van der Waals surface area contributed by atoms with Gasteiger partial charge >= 0.3 is 0 Å². The van der Waals surface area contributed by atoms with Gasteiger partial charge in [0.25, 0.3) is 0 Å². The lowest BCUT2D eigenvalue weighted by Crippen LogP contribution is -2.41. The first-order chi connectivity index (χ1) is 5.74. The van der Waals surface area contributed by atoms with E-state index in [1.54, 1.807) is 18.8 Å². The minimum absolute atomic E-state index is 0.0187. The van der Waals surface area contributed by atoms with Crippen molar-refractivity contribution in [2.24, 2.45) is 0 Å². The monoisotopic (exact) mass is 188 g/mol. The maximum atomic E-state index is 11.1. The van der Waals surface area contributed by atoms with Gasteiger partial charge in [-0.3, -0.25) is 9.59 Å². The molecule has 2 amide bonds. The van der Waals surface area contributed by atoms with E-state index in [1.165, 1.54) is 0 Å². The van der Waals surface area contributed by atoms with Gasteiger partial charge in [-0.2, -0.15) is 0 Å². The Kier molecular flexibility index (Phi) is 3.40. The molecule has 1 aliphatic heterocycles. The second-order valence-corrected chi connectivity index (χ2v) is 3.84. The third-order valence-electron chi connectivity index (χ3n) is 1.66. The van der Waals surface area contributed by atoms with Gasteiger partial charge in [-0.1, -0.05) is 0 Å². The van der Waals surface area contributed by atoms with Crippen LogP contribution in [-0.2, 0) is 9.59 Å². The molecule has 0 spiro atoms. The average Bonchev–Trinajstić information content (AvgIpc) is 2.09. The molecule has 5 heteroatoms. The Balaban J connectivity index is 2.39. The Morgan fingerprint density at radius 3 is 3.17 bits per heavy atom. The van der Waals surface area contributed by atoms with Crippen LogP contribution in [0.3, 0.4) is 0 Å². The topological polar surface area (TPSA) is 58.2 Å². The van der Waals surface area contributed by atoms with E-state index in [-0.39, 0.29) is 23.5 Å². The zero-order valence-corrected chi connectivity index (χ0v) is 7.74. The van der Waals surface area contributed by atoms with E-state index >= 15 is 0 Å². The number of rotatable bonds is 2. The van der Waals surface area contributed by atoms with Gasteiger partial charge in [0.05, 0.1) is 5.25 Å². The normalized spacial score (nSPS) is 23.1. The van der Waals surface area contributed by atoms with Gasteiger partial charge in [0.2, 0.25) is 11.8 Å². The SMILES string of the molecule is CNC(=O)C[C@H]1SCCNC1=O. The fourth-order valence-corrected chi connectivity index (χ4v) is 2.00. The van der Waals surface area contributed by atoms with Crippen LogP contribution in [0.15, 0.2) is 0 Å². The zero-order valence-electron chi connectivity index (χ0n) is 6.92. The predicted molar refractivity (Wildman–Crippen MR) is 47.9 cm³/mol. The van der Waals surface area contributed by atoms with Gasteiger partial charge in [0.15, 0.2) is 0 Å². The van der Waals surface area contributed by atoms with Crippen LogP contribution in [0, 0.1) is 0 Å². The quantitative estimate of drug-likeness (QED) is 0.605. The van der Waals surface area contributed by atoms with Crippen LogP contribution >= 0.6 is 11.8 Å². The van der Waals surface area contributed by atoms with Crippen LogP contribution in [0.1, 0.15) is 6.42 Å². The fourth-order valence-electron chi connectivity index (χ4n) is 0.987. The molecule has 12 heavy (non-hydrogen) atoms. The minimum atomic E-state index is -0.196. The lowest BCUT2D eigenvalue weighted by atomic mass is 10.2. The highest BCUT2D eigenvalue weighted by Gasteiger charge is 2.24. The van der Waals surface area contributed by atoms with E-state index < -0.39 is 0 Å².